The molecule has 1 aromatic heterocycles. The lowest BCUT2D eigenvalue weighted by atomic mass is 10.1. The highest BCUT2D eigenvalue weighted by atomic mass is 16.5. The fourth-order valence-corrected chi connectivity index (χ4v) is 2.37. The van der Waals surface area contributed by atoms with Crippen LogP contribution >= 0.6 is 0 Å². The molecule has 2 unspecified atom stereocenters. The van der Waals surface area contributed by atoms with Crippen molar-refractivity contribution in [2.75, 3.05) is 18.0 Å². The molecule has 0 saturated carbocycles. The van der Waals surface area contributed by atoms with Gasteiger partial charge in [-0.05, 0) is 32.4 Å². The van der Waals surface area contributed by atoms with Crippen LogP contribution in [0.5, 0.6) is 0 Å². The molecule has 1 saturated heterocycles. The molecule has 1 aliphatic heterocycles. The van der Waals surface area contributed by atoms with Gasteiger partial charge in [-0.2, -0.15) is 0 Å². The minimum atomic E-state index is -0.944. The van der Waals surface area contributed by atoms with Gasteiger partial charge in [0.1, 0.15) is 5.82 Å². The SMILES string of the molecule is Cc1cc(C(=O)O)cnc1N1CC(C)OC(C)C1. The number of ether oxygens (including phenoxy) is 1. The lowest BCUT2D eigenvalue weighted by Crippen LogP contribution is -2.46. The van der Waals surface area contributed by atoms with Crippen LogP contribution in [0.2, 0.25) is 0 Å². The van der Waals surface area contributed by atoms with Crippen LogP contribution in [0, 0.1) is 6.92 Å². The van der Waals surface area contributed by atoms with Crippen molar-refractivity contribution in [3.63, 3.8) is 0 Å². The summed E-state index contributed by atoms with van der Waals surface area (Å²) in [5.74, 6) is -0.0946. The molecule has 1 aromatic rings. The number of morpholine rings is 1. The molecule has 1 aliphatic rings. The Hall–Kier alpha value is -1.62. The van der Waals surface area contributed by atoms with Crippen molar-refractivity contribution in [3.8, 4) is 0 Å². The summed E-state index contributed by atoms with van der Waals surface area (Å²) in [6, 6.07) is 1.66. The molecule has 0 bridgehead atoms. The van der Waals surface area contributed by atoms with Gasteiger partial charge in [-0.25, -0.2) is 9.78 Å². The first-order valence-electron chi connectivity index (χ1n) is 6.07. The number of hydrogen-bond acceptors (Lipinski definition) is 4. The van der Waals surface area contributed by atoms with E-state index in [-0.39, 0.29) is 17.8 Å². The molecule has 1 N–H and O–H groups in total. The summed E-state index contributed by atoms with van der Waals surface area (Å²) in [6.07, 6.45) is 1.73. The minimum absolute atomic E-state index is 0.161. The van der Waals surface area contributed by atoms with Gasteiger partial charge in [0.2, 0.25) is 0 Å². The molecule has 2 atom stereocenters. The zero-order valence-electron chi connectivity index (χ0n) is 10.9. The van der Waals surface area contributed by atoms with Gasteiger partial charge in [0, 0.05) is 19.3 Å². The molecule has 1 fully saturated rings. The Morgan fingerprint density at radius 2 is 2.06 bits per heavy atom. The van der Waals surface area contributed by atoms with Gasteiger partial charge in [0.25, 0.3) is 0 Å². The van der Waals surface area contributed by atoms with E-state index >= 15 is 0 Å². The number of pyridine rings is 1. The number of aryl methyl sites for hydroxylation is 1. The molecule has 2 rings (SSSR count). The monoisotopic (exact) mass is 250 g/mol. The second-order valence-electron chi connectivity index (χ2n) is 4.83. The van der Waals surface area contributed by atoms with Crippen molar-refractivity contribution in [1.82, 2.24) is 4.98 Å². The molecule has 0 aromatic carbocycles. The van der Waals surface area contributed by atoms with E-state index in [1.165, 1.54) is 6.20 Å². The summed E-state index contributed by atoms with van der Waals surface area (Å²) in [5, 5.41) is 8.92. The molecule has 5 nitrogen and oxygen atoms in total. The number of aromatic carboxylic acids is 1. The number of nitrogens with zero attached hydrogens (tertiary/aromatic N) is 2. The standard InChI is InChI=1S/C13H18N2O3/c1-8-4-11(13(16)17)5-14-12(8)15-6-9(2)18-10(3)7-15/h4-5,9-10H,6-7H2,1-3H3,(H,16,17). The topological polar surface area (TPSA) is 62.7 Å². The maximum Gasteiger partial charge on any atom is 0.337 e. The molecule has 98 valence electrons. The van der Waals surface area contributed by atoms with Gasteiger partial charge in [-0.15, -0.1) is 0 Å². The quantitative estimate of drug-likeness (QED) is 0.865. The van der Waals surface area contributed by atoms with E-state index in [2.05, 4.69) is 9.88 Å². The van der Waals surface area contributed by atoms with Crippen molar-refractivity contribution in [2.45, 2.75) is 33.0 Å². The summed E-state index contributed by atoms with van der Waals surface area (Å²) >= 11 is 0. The average molecular weight is 250 g/mol. The van der Waals surface area contributed by atoms with Crippen LogP contribution in [0.1, 0.15) is 29.8 Å². The Balaban J connectivity index is 2.25. The Morgan fingerprint density at radius 3 is 2.56 bits per heavy atom. The number of carbonyl (C=O) groups is 1. The minimum Gasteiger partial charge on any atom is -0.478 e. The molecule has 0 radical (unpaired) electrons. The highest BCUT2D eigenvalue weighted by Crippen LogP contribution is 2.22. The van der Waals surface area contributed by atoms with E-state index < -0.39 is 5.97 Å². The molecular formula is C13H18N2O3. The zero-order chi connectivity index (χ0) is 13.3. The molecule has 0 amide bonds. The van der Waals surface area contributed by atoms with Crippen LogP contribution in [0.4, 0.5) is 5.82 Å². The van der Waals surface area contributed by atoms with Crippen LogP contribution in [0.3, 0.4) is 0 Å². The highest BCUT2D eigenvalue weighted by molar-refractivity contribution is 5.87. The first kappa shape index (κ1) is 12.8. The van der Waals surface area contributed by atoms with Gasteiger partial charge in [-0.3, -0.25) is 0 Å². The number of hydrogen-bond donors (Lipinski definition) is 1. The predicted octanol–water partition coefficient (Wildman–Crippen LogP) is 1.70. The molecule has 18 heavy (non-hydrogen) atoms. The molecular weight excluding hydrogens is 232 g/mol. The highest BCUT2D eigenvalue weighted by Gasteiger charge is 2.24. The smallest absolute Gasteiger partial charge is 0.337 e. The Morgan fingerprint density at radius 1 is 1.44 bits per heavy atom. The van der Waals surface area contributed by atoms with E-state index in [0.29, 0.717) is 0 Å². The van der Waals surface area contributed by atoms with E-state index in [0.717, 1.165) is 24.5 Å². The number of carboxylic acid groups (broad SMARTS) is 1. The zero-order valence-corrected chi connectivity index (χ0v) is 10.9. The second-order valence-corrected chi connectivity index (χ2v) is 4.83. The number of anilines is 1. The third-order valence-electron chi connectivity index (χ3n) is 3.02. The Labute approximate surface area is 106 Å². The lowest BCUT2D eigenvalue weighted by molar-refractivity contribution is -0.00550. The second kappa shape index (κ2) is 4.94. The maximum absolute atomic E-state index is 10.9. The maximum atomic E-state index is 10.9. The van der Waals surface area contributed by atoms with Gasteiger partial charge >= 0.3 is 5.97 Å². The Bertz CT molecular complexity index is 452. The third kappa shape index (κ3) is 2.61. The summed E-state index contributed by atoms with van der Waals surface area (Å²) in [6.45, 7) is 7.52. The van der Waals surface area contributed by atoms with Gasteiger partial charge in [0.05, 0.1) is 17.8 Å². The molecule has 0 aliphatic carbocycles. The first-order chi connectivity index (χ1) is 8.47. The largest absolute Gasteiger partial charge is 0.478 e. The summed E-state index contributed by atoms with van der Waals surface area (Å²) < 4.78 is 5.68. The average Bonchev–Trinajstić information content (AvgIpc) is 2.27. The van der Waals surface area contributed by atoms with Gasteiger partial charge in [0.15, 0.2) is 0 Å². The Kier molecular flexibility index (Phi) is 3.52. The third-order valence-corrected chi connectivity index (χ3v) is 3.02. The van der Waals surface area contributed by atoms with E-state index in [9.17, 15) is 4.79 Å². The van der Waals surface area contributed by atoms with E-state index in [4.69, 9.17) is 9.84 Å². The van der Waals surface area contributed by atoms with Crippen LogP contribution in [-0.4, -0.2) is 41.4 Å². The van der Waals surface area contributed by atoms with E-state index in [1.54, 1.807) is 6.07 Å². The van der Waals surface area contributed by atoms with E-state index in [1.807, 2.05) is 20.8 Å². The van der Waals surface area contributed by atoms with Crippen molar-refractivity contribution < 1.29 is 14.6 Å². The summed E-state index contributed by atoms with van der Waals surface area (Å²) in [4.78, 5) is 17.3. The van der Waals surface area contributed by atoms with Crippen LogP contribution < -0.4 is 4.90 Å². The van der Waals surface area contributed by atoms with Crippen LogP contribution in [-0.2, 0) is 4.74 Å². The summed E-state index contributed by atoms with van der Waals surface area (Å²) in [5.41, 5.74) is 1.11. The predicted molar refractivity (Wildman–Crippen MR) is 68.2 cm³/mol. The summed E-state index contributed by atoms with van der Waals surface area (Å²) in [7, 11) is 0. The van der Waals surface area contributed by atoms with Crippen LogP contribution in [0.15, 0.2) is 12.3 Å². The number of rotatable bonds is 2. The van der Waals surface area contributed by atoms with Crippen molar-refractivity contribution >= 4 is 11.8 Å². The fraction of sp³-hybridized carbons (Fsp3) is 0.538. The fourth-order valence-electron chi connectivity index (χ4n) is 2.37. The number of carboxylic acids is 1. The molecule has 0 spiro atoms. The molecule has 2 heterocycles. The van der Waals surface area contributed by atoms with Crippen molar-refractivity contribution in [3.05, 3.63) is 23.4 Å². The number of aromatic nitrogens is 1. The van der Waals surface area contributed by atoms with Gasteiger partial charge < -0.3 is 14.7 Å². The van der Waals surface area contributed by atoms with Crippen molar-refractivity contribution in [1.29, 1.82) is 0 Å². The van der Waals surface area contributed by atoms with Crippen LogP contribution in [0.25, 0.3) is 0 Å². The van der Waals surface area contributed by atoms with Crippen molar-refractivity contribution in [2.24, 2.45) is 0 Å². The normalized spacial score (nSPS) is 24.1. The first-order valence-corrected chi connectivity index (χ1v) is 6.07. The lowest BCUT2D eigenvalue weighted by Gasteiger charge is -2.36. The molecule has 5 heteroatoms. The van der Waals surface area contributed by atoms with Gasteiger partial charge in [-0.1, -0.05) is 0 Å².